The SMILES string of the molecule is CC(=O)N1CCCN(C(=O)c2cccnc2Sc2ccc(C)cc2C)CC1. The van der Waals surface area contributed by atoms with Crippen molar-refractivity contribution < 1.29 is 9.59 Å². The Hall–Kier alpha value is -2.34. The predicted molar refractivity (Wildman–Crippen MR) is 107 cm³/mol. The van der Waals surface area contributed by atoms with Crippen molar-refractivity contribution in [2.24, 2.45) is 0 Å². The molecule has 142 valence electrons. The summed E-state index contributed by atoms with van der Waals surface area (Å²) in [6.45, 7) is 8.23. The fourth-order valence-electron chi connectivity index (χ4n) is 3.26. The number of pyridine rings is 1. The summed E-state index contributed by atoms with van der Waals surface area (Å²) in [5.41, 5.74) is 3.02. The van der Waals surface area contributed by atoms with Crippen molar-refractivity contribution in [3.63, 3.8) is 0 Å². The molecule has 0 N–H and O–H groups in total. The molecule has 0 aliphatic carbocycles. The molecular weight excluding hydrogens is 358 g/mol. The Morgan fingerprint density at radius 1 is 1.04 bits per heavy atom. The van der Waals surface area contributed by atoms with Gasteiger partial charge in [-0.1, -0.05) is 29.5 Å². The van der Waals surface area contributed by atoms with Gasteiger partial charge in [-0.25, -0.2) is 4.98 Å². The Morgan fingerprint density at radius 3 is 2.52 bits per heavy atom. The first-order valence-electron chi connectivity index (χ1n) is 9.20. The molecular formula is C21H25N3O2S. The molecule has 3 rings (SSSR count). The number of nitrogens with zero attached hydrogens (tertiary/aromatic N) is 3. The average Bonchev–Trinajstić information content (AvgIpc) is 2.90. The van der Waals surface area contributed by atoms with E-state index < -0.39 is 0 Å². The van der Waals surface area contributed by atoms with Crippen molar-refractivity contribution in [2.75, 3.05) is 26.2 Å². The van der Waals surface area contributed by atoms with Gasteiger partial charge < -0.3 is 9.80 Å². The summed E-state index contributed by atoms with van der Waals surface area (Å²) in [4.78, 5) is 34.0. The predicted octanol–water partition coefficient (Wildman–Crippen LogP) is 3.54. The Kier molecular flexibility index (Phi) is 6.16. The monoisotopic (exact) mass is 383 g/mol. The van der Waals surface area contributed by atoms with Crippen LogP contribution in [-0.4, -0.2) is 52.8 Å². The third-order valence-electron chi connectivity index (χ3n) is 4.77. The van der Waals surface area contributed by atoms with E-state index in [0.29, 0.717) is 31.7 Å². The first kappa shape index (κ1) is 19.4. The molecule has 0 radical (unpaired) electrons. The highest BCUT2D eigenvalue weighted by atomic mass is 32.2. The number of amides is 2. The normalized spacial score (nSPS) is 14.8. The number of hydrogen-bond donors (Lipinski definition) is 0. The number of carbonyl (C=O) groups is 2. The molecule has 2 aromatic rings. The minimum absolute atomic E-state index is 0.0132. The summed E-state index contributed by atoms with van der Waals surface area (Å²) >= 11 is 1.53. The molecule has 6 heteroatoms. The van der Waals surface area contributed by atoms with Crippen LogP contribution in [0.15, 0.2) is 46.5 Å². The fourth-order valence-corrected chi connectivity index (χ4v) is 4.20. The highest BCUT2D eigenvalue weighted by Gasteiger charge is 2.24. The highest BCUT2D eigenvalue weighted by Crippen LogP contribution is 2.32. The van der Waals surface area contributed by atoms with Gasteiger partial charge in [-0.15, -0.1) is 0 Å². The van der Waals surface area contributed by atoms with E-state index in [4.69, 9.17) is 0 Å². The lowest BCUT2D eigenvalue weighted by molar-refractivity contribution is -0.128. The fraction of sp³-hybridized carbons (Fsp3) is 0.381. The zero-order valence-corrected chi connectivity index (χ0v) is 16.9. The standard InChI is InChI=1S/C21H25N3O2S/c1-15-7-8-19(16(2)14-15)27-20-18(6-4-9-22-20)21(26)24-11-5-10-23(12-13-24)17(3)25/h4,6-9,14H,5,10-13H2,1-3H3. The van der Waals surface area contributed by atoms with Gasteiger partial charge in [0.1, 0.15) is 5.03 Å². The molecule has 1 aromatic heterocycles. The molecule has 0 atom stereocenters. The molecule has 1 aromatic carbocycles. The van der Waals surface area contributed by atoms with Crippen LogP contribution in [0.25, 0.3) is 0 Å². The van der Waals surface area contributed by atoms with Crippen LogP contribution in [0.4, 0.5) is 0 Å². The minimum Gasteiger partial charge on any atom is -0.341 e. The maximum absolute atomic E-state index is 13.1. The van der Waals surface area contributed by atoms with E-state index in [1.165, 1.54) is 22.9 Å². The number of carbonyl (C=O) groups excluding carboxylic acids is 2. The maximum atomic E-state index is 13.1. The molecule has 0 spiro atoms. The van der Waals surface area contributed by atoms with Crippen molar-refractivity contribution in [3.8, 4) is 0 Å². The van der Waals surface area contributed by atoms with Crippen LogP contribution in [0, 0.1) is 13.8 Å². The molecule has 0 bridgehead atoms. The molecule has 2 amide bonds. The zero-order chi connectivity index (χ0) is 19.4. The van der Waals surface area contributed by atoms with Gasteiger partial charge in [0.05, 0.1) is 5.56 Å². The van der Waals surface area contributed by atoms with Gasteiger partial charge >= 0.3 is 0 Å². The third kappa shape index (κ3) is 4.69. The molecule has 1 aliphatic heterocycles. The minimum atomic E-state index is -0.0132. The number of benzene rings is 1. The van der Waals surface area contributed by atoms with Crippen molar-refractivity contribution >= 4 is 23.6 Å². The molecule has 0 unspecified atom stereocenters. The van der Waals surface area contributed by atoms with E-state index in [1.807, 2.05) is 15.9 Å². The number of aromatic nitrogens is 1. The van der Waals surface area contributed by atoms with E-state index in [-0.39, 0.29) is 11.8 Å². The number of aryl methyl sites for hydroxylation is 2. The molecule has 0 saturated carbocycles. The van der Waals surface area contributed by atoms with Gasteiger partial charge in [0.25, 0.3) is 5.91 Å². The second-order valence-corrected chi connectivity index (χ2v) is 7.91. The van der Waals surface area contributed by atoms with E-state index in [0.717, 1.165) is 16.3 Å². The van der Waals surface area contributed by atoms with Crippen molar-refractivity contribution in [2.45, 2.75) is 37.1 Å². The summed E-state index contributed by atoms with van der Waals surface area (Å²) in [6.07, 6.45) is 2.52. The Balaban J connectivity index is 1.80. The van der Waals surface area contributed by atoms with Gasteiger partial charge in [0.2, 0.25) is 5.91 Å². The molecule has 27 heavy (non-hydrogen) atoms. The van der Waals surface area contributed by atoms with E-state index in [2.05, 4.69) is 37.0 Å². The van der Waals surface area contributed by atoms with Gasteiger partial charge in [0.15, 0.2) is 0 Å². The Labute approximate surface area is 164 Å². The van der Waals surface area contributed by atoms with Crippen LogP contribution < -0.4 is 0 Å². The van der Waals surface area contributed by atoms with Crippen LogP contribution in [0.2, 0.25) is 0 Å². The zero-order valence-electron chi connectivity index (χ0n) is 16.1. The molecule has 2 heterocycles. The van der Waals surface area contributed by atoms with Gasteiger partial charge in [-0.2, -0.15) is 0 Å². The van der Waals surface area contributed by atoms with E-state index >= 15 is 0 Å². The van der Waals surface area contributed by atoms with Gasteiger partial charge in [-0.3, -0.25) is 9.59 Å². The van der Waals surface area contributed by atoms with Crippen molar-refractivity contribution in [1.82, 2.24) is 14.8 Å². The maximum Gasteiger partial charge on any atom is 0.256 e. The summed E-state index contributed by atoms with van der Waals surface area (Å²) in [7, 11) is 0. The van der Waals surface area contributed by atoms with Crippen LogP contribution >= 0.6 is 11.8 Å². The smallest absolute Gasteiger partial charge is 0.256 e. The van der Waals surface area contributed by atoms with Crippen LogP contribution in [0.3, 0.4) is 0 Å². The van der Waals surface area contributed by atoms with Crippen LogP contribution in [0.5, 0.6) is 0 Å². The quantitative estimate of drug-likeness (QED) is 0.813. The second-order valence-electron chi connectivity index (χ2n) is 6.88. The van der Waals surface area contributed by atoms with Crippen molar-refractivity contribution in [3.05, 3.63) is 53.2 Å². The largest absolute Gasteiger partial charge is 0.341 e. The summed E-state index contributed by atoms with van der Waals surface area (Å²) in [5, 5.41) is 0.724. The second kappa shape index (κ2) is 8.57. The summed E-state index contributed by atoms with van der Waals surface area (Å²) < 4.78 is 0. The lowest BCUT2D eigenvalue weighted by Gasteiger charge is -2.22. The van der Waals surface area contributed by atoms with Crippen molar-refractivity contribution in [1.29, 1.82) is 0 Å². The van der Waals surface area contributed by atoms with Gasteiger partial charge in [0, 0.05) is 44.2 Å². The molecule has 1 saturated heterocycles. The lowest BCUT2D eigenvalue weighted by atomic mass is 10.2. The Bertz CT molecular complexity index is 853. The first-order chi connectivity index (χ1) is 13.0. The summed E-state index contributed by atoms with van der Waals surface area (Å²) in [5.74, 6) is 0.0533. The number of hydrogen-bond acceptors (Lipinski definition) is 4. The Morgan fingerprint density at radius 2 is 1.78 bits per heavy atom. The third-order valence-corrected chi connectivity index (χ3v) is 5.96. The lowest BCUT2D eigenvalue weighted by Crippen LogP contribution is -2.36. The van der Waals surface area contributed by atoms with E-state index in [1.54, 1.807) is 19.2 Å². The van der Waals surface area contributed by atoms with Crippen LogP contribution in [-0.2, 0) is 4.79 Å². The molecule has 1 fully saturated rings. The molecule has 1 aliphatic rings. The first-order valence-corrected chi connectivity index (χ1v) is 10.0. The highest BCUT2D eigenvalue weighted by molar-refractivity contribution is 7.99. The summed E-state index contributed by atoms with van der Waals surface area (Å²) in [6, 6.07) is 9.94. The molecule has 5 nitrogen and oxygen atoms in total. The van der Waals surface area contributed by atoms with Gasteiger partial charge in [-0.05, 0) is 44.0 Å². The van der Waals surface area contributed by atoms with Crippen LogP contribution in [0.1, 0.15) is 34.8 Å². The van der Waals surface area contributed by atoms with E-state index in [9.17, 15) is 9.59 Å². The average molecular weight is 384 g/mol. The topological polar surface area (TPSA) is 53.5 Å². The number of rotatable bonds is 3.